The molecule has 3 N–H and O–H groups in total. The van der Waals surface area contributed by atoms with E-state index in [1.165, 1.54) is 11.3 Å². The smallest absolute Gasteiger partial charge is 0.135 e. The molecule has 0 aromatic carbocycles. The van der Waals surface area contributed by atoms with Crippen LogP contribution in [0, 0.1) is 12.3 Å². The number of nitrogens with two attached hydrogens (primary N) is 1. The fourth-order valence-electron chi connectivity index (χ4n) is 1.41. The summed E-state index contributed by atoms with van der Waals surface area (Å²) in [4.78, 5) is 7.52. The van der Waals surface area contributed by atoms with Gasteiger partial charge in [0.1, 0.15) is 10.8 Å². The maximum absolute atomic E-state index is 7.40. The zero-order valence-electron chi connectivity index (χ0n) is 9.50. The van der Waals surface area contributed by atoms with Crippen molar-refractivity contribution in [3.8, 4) is 0 Å². The van der Waals surface area contributed by atoms with Gasteiger partial charge in [-0.2, -0.15) is 0 Å². The highest BCUT2D eigenvalue weighted by atomic mass is 32.1. The number of aryl methyl sites for hydroxylation is 1. The Balaban J connectivity index is 2.79. The topological polar surface area (TPSA) is 66.0 Å². The highest BCUT2D eigenvalue weighted by Crippen LogP contribution is 2.18. The molecule has 0 amide bonds. The molecule has 1 rings (SSSR count). The van der Waals surface area contributed by atoms with Crippen LogP contribution in [-0.2, 0) is 6.54 Å². The molecule has 0 fully saturated rings. The number of thiazole rings is 1. The van der Waals surface area contributed by atoms with E-state index >= 15 is 0 Å². The van der Waals surface area contributed by atoms with Crippen LogP contribution in [0.1, 0.15) is 29.4 Å². The first-order valence-corrected chi connectivity index (χ1v) is 5.93. The maximum atomic E-state index is 7.40. The average molecular weight is 226 g/mol. The van der Waals surface area contributed by atoms with Crippen molar-refractivity contribution in [2.75, 3.05) is 13.1 Å². The zero-order chi connectivity index (χ0) is 11.4. The Bertz CT molecular complexity index is 341. The van der Waals surface area contributed by atoms with Crippen molar-refractivity contribution in [3.05, 3.63) is 15.6 Å². The van der Waals surface area contributed by atoms with Crippen LogP contribution in [-0.4, -0.2) is 28.8 Å². The molecule has 4 nitrogen and oxygen atoms in total. The van der Waals surface area contributed by atoms with E-state index in [1.54, 1.807) is 0 Å². The first kappa shape index (κ1) is 12.1. The van der Waals surface area contributed by atoms with E-state index < -0.39 is 0 Å². The van der Waals surface area contributed by atoms with Crippen LogP contribution in [0.2, 0.25) is 0 Å². The summed E-state index contributed by atoms with van der Waals surface area (Å²) in [5.74, 6) is 0.121. The van der Waals surface area contributed by atoms with Crippen molar-refractivity contribution < 1.29 is 0 Å². The first-order valence-electron chi connectivity index (χ1n) is 5.11. The van der Waals surface area contributed by atoms with Gasteiger partial charge in [0.2, 0.25) is 0 Å². The first-order chi connectivity index (χ1) is 7.08. The largest absolute Gasteiger partial charge is 0.383 e. The number of hydrogen-bond donors (Lipinski definition) is 2. The van der Waals surface area contributed by atoms with E-state index in [4.69, 9.17) is 11.1 Å². The highest BCUT2D eigenvalue weighted by molar-refractivity contribution is 7.13. The quantitative estimate of drug-likeness (QED) is 0.591. The van der Waals surface area contributed by atoms with Crippen LogP contribution in [0.15, 0.2) is 0 Å². The minimum Gasteiger partial charge on any atom is -0.383 e. The summed E-state index contributed by atoms with van der Waals surface area (Å²) in [7, 11) is 0. The Labute approximate surface area is 94.6 Å². The summed E-state index contributed by atoms with van der Waals surface area (Å²) in [6.45, 7) is 9.06. The Kier molecular flexibility index (Phi) is 4.23. The third-order valence-electron chi connectivity index (χ3n) is 2.34. The second kappa shape index (κ2) is 5.23. The van der Waals surface area contributed by atoms with Crippen molar-refractivity contribution >= 4 is 17.2 Å². The third kappa shape index (κ3) is 3.00. The number of aromatic nitrogens is 1. The van der Waals surface area contributed by atoms with Gasteiger partial charge in [-0.1, -0.05) is 13.8 Å². The van der Waals surface area contributed by atoms with Crippen molar-refractivity contribution in [2.24, 2.45) is 5.73 Å². The van der Waals surface area contributed by atoms with Gasteiger partial charge in [-0.15, -0.1) is 11.3 Å². The molecule has 0 aliphatic heterocycles. The Morgan fingerprint density at radius 3 is 2.47 bits per heavy atom. The molecule has 0 bridgehead atoms. The summed E-state index contributed by atoms with van der Waals surface area (Å²) < 4.78 is 0. The van der Waals surface area contributed by atoms with Gasteiger partial charge in [-0.25, -0.2) is 4.98 Å². The van der Waals surface area contributed by atoms with Crippen LogP contribution >= 0.6 is 11.3 Å². The summed E-state index contributed by atoms with van der Waals surface area (Å²) in [6, 6.07) is 0. The van der Waals surface area contributed by atoms with Gasteiger partial charge in [-0.3, -0.25) is 10.3 Å². The monoisotopic (exact) mass is 226 g/mol. The standard InChI is InChI=1S/C10H18N4S/c1-4-14(5-2)6-8-13-7(3)9(15-8)10(11)12/h4-6H2,1-3H3,(H3,11,12). The minimum absolute atomic E-state index is 0.121. The molecule has 0 atom stereocenters. The summed E-state index contributed by atoms with van der Waals surface area (Å²) in [6.07, 6.45) is 0. The predicted octanol–water partition coefficient (Wildman–Crippen LogP) is 1.58. The lowest BCUT2D eigenvalue weighted by molar-refractivity contribution is 0.295. The molecule has 0 unspecified atom stereocenters. The molecule has 0 saturated carbocycles. The van der Waals surface area contributed by atoms with E-state index in [0.717, 1.165) is 35.2 Å². The Morgan fingerprint density at radius 2 is 2.07 bits per heavy atom. The fourth-order valence-corrected chi connectivity index (χ4v) is 2.38. The molecule has 0 radical (unpaired) electrons. The van der Waals surface area contributed by atoms with Gasteiger partial charge in [-0.05, 0) is 20.0 Å². The van der Waals surface area contributed by atoms with E-state index in [9.17, 15) is 0 Å². The van der Waals surface area contributed by atoms with Gasteiger partial charge in [0.15, 0.2) is 0 Å². The number of amidine groups is 1. The van der Waals surface area contributed by atoms with Crippen molar-refractivity contribution in [2.45, 2.75) is 27.3 Å². The van der Waals surface area contributed by atoms with Gasteiger partial charge >= 0.3 is 0 Å². The molecule has 1 aromatic rings. The molecule has 0 spiro atoms. The van der Waals surface area contributed by atoms with Crippen LogP contribution < -0.4 is 5.73 Å². The van der Waals surface area contributed by atoms with Crippen LogP contribution in [0.3, 0.4) is 0 Å². The number of nitrogen functional groups attached to an aromatic ring is 1. The van der Waals surface area contributed by atoms with Gasteiger partial charge in [0.25, 0.3) is 0 Å². The molecular formula is C10H18N4S. The molecular weight excluding hydrogens is 208 g/mol. The lowest BCUT2D eigenvalue weighted by atomic mass is 10.4. The summed E-state index contributed by atoms with van der Waals surface area (Å²) in [5.41, 5.74) is 6.33. The van der Waals surface area contributed by atoms with Crippen molar-refractivity contribution in [1.82, 2.24) is 9.88 Å². The SMILES string of the molecule is CCN(CC)Cc1nc(C)c(C(=N)N)s1. The van der Waals surface area contributed by atoms with Crippen molar-refractivity contribution in [1.29, 1.82) is 5.41 Å². The second-order valence-corrected chi connectivity index (χ2v) is 4.48. The maximum Gasteiger partial charge on any atom is 0.135 e. The third-order valence-corrected chi connectivity index (χ3v) is 3.51. The normalized spacial score (nSPS) is 10.9. The zero-order valence-corrected chi connectivity index (χ0v) is 10.3. The molecule has 0 aliphatic rings. The number of nitrogens with one attached hydrogen (secondary N) is 1. The van der Waals surface area contributed by atoms with Crippen LogP contribution in [0.25, 0.3) is 0 Å². The van der Waals surface area contributed by atoms with E-state index in [1.807, 2.05) is 6.92 Å². The van der Waals surface area contributed by atoms with Crippen molar-refractivity contribution in [3.63, 3.8) is 0 Å². The van der Waals surface area contributed by atoms with Gasteiger partial charge < -0.3 is 5.73 Å². The lowest BCUT2D eigenvalue weighted by Gasteiger charge is -2.15. The van der Waals surface area contributed by atoms with Crippen LogP contribution in [0.5, 0.6) is 0 Å². The summed E-state index contributed by atoms with van der Waals surface area (Å²) in [5, 5.41) is 8.44. The molecule has 84 valence electrons. The highest BCUT2D eigenvalue weighted by Gasteiger charge is 2.11. The molecule has 0 aliphatic carbocycles. The van der Waals surface area contributed by atoms with E-state index in [0.29, 0.717) is 0 Å². The minimum atomic E-state index is 0.121. The van der Waals surface area contributed by atoms with E-state index in [-0.39, 0.29) is 5.84 Å². The molecule has 1 heterocycles. The van der Waals surface area contributed by atoms with Crippen LogP contribution in [0.4, 0.5) is 0 Å². The average Bonchev–Trinajstić information content (AvgIpc) is 2.56. The van der Waals surface area contributed by atoms with Gasteiger partial charge in [0.05, 0.1) is 17.1 Å². The number of hydrogen-bond acceptors (Lipinski definition) is 4. The Hall–Kier alpha value is -0.940. The molecule has 1 aromatic heterocycles. The molecule has 5 heteroatoms. The lowest BCUT2D eigenvalue weighted by Crippen LogP contribution is -2.21. The number of nitrogens with zero attached hydrogens (tertiary/aromatic N) is 2. The van der Waals surface area contributed by atoms with Gasteiger partial charge in [0, 0.05) is 0 Å². The second-order valence-electron chi connectivity index (χ2n) is 3.40. The summed E-state index contributed by atoms with van der Waals surface area (Å²) >= 11 is 1.52. The predicted molar refractivity (Wildman–Crippen MR) is 64.5 cm³/mol. The number of rotatable bonds is 5. The van der Waals surface area contributed by atoms with E-state index in [2.05, 4.69) is 23.7 Å². The molecule has 15 heavy (non-hydrogen) atoms. The Morgan fingerprint density at radius 1 is 1.47 bits per heavy atom. The molecule has 0 saturated heterocycles. The fraction of sp³-hybridized carbons (Fsp3) is 0.600.